The summed E-state index contributed by atoms with van der Waals surface area (Å²) in [5.74, 6) is -0.480. The summed E-state index contributed by atoms with van der Waals surface area (Å²) in [6, 6.07) is 13.8. The molecule has 2 N–H and O–H groups in total. The summed E-state index contributed by atoms with van der Waals surface area (Å²) in [7, 11) is 0. The van der Waals surface area contributed by atoms with Crippen molar-refractivity contribution in [2.75, 3.05) is 19.8 Å². The Morgan fingerprint density at radius 2 is 1.85 bits per heavy atom. The van der Waals surface area contributed by atoms with Crippen LogP contribution in [0.5, 0.6) is 5.75 Å². The first kappa shape index (κ1) is 18.2. The fraction of sp³-hybridized carbons (Fsp3) is 0.400. The zero-order valence-electron chi connectivity index (χ0n) is 14.6. The minimum absolute atomic E-state index is 0.223. The highest BCUT2D eigenvalue weighted by Crippen LogP contribution is 2.25. The van der Waals surface area contributed by atoms with Crippen LogP contribution >= 0.6 is 0 Å². The lowest BCUT2D eigenvalue weighted by molar-refractivity contribution is -0.152. The molecule has 0 spiro atoms. The van der Waals surface area contributed by atoms with Crippen LogP contribution < -0.4 is 10.1 Å². The van der Waals surface area contributed by atoms with Gasteiger partial charge in [-0.2, -0.15) is 0 Å². The molecule has 0 bridgehead atoms. The average Bonchev–Trinajstić information content (AvgIpc) is 2.66. The Labute approximate surface area is 152 Å². The molecule has 3 rings (SSSR count). The number of benzene rings is 2. The Kier molecular flexibility index (Phi) is 5.73. The number of nitrogens with one attached hydrogen (secondary N) is 1. The molecule has 1 saturated heterocycles. The maximum absolute atomic E-state index is 12.2. The molecule has 2 aromatic rings. The van der Waals surface area contributed by atoms with E-state index in [9.17, 15) is 14.7 Å². The molecule has 1 aliphatic heterocycles. The Morgan fingerprint density at radius 3 is 2.62 bits per heavy atom. The van der Waals surface area contributed by atoms with Crippen molar-refractivity contribution in [1.29, 1.82) is 0 Å². The van der Waals surface area contributed by atoms with Gasteiger partial charge in [0.1, 0.15) is 11.3 Å². The number of carboxylic acids is 1. The van der Waals surface area contributed by atoms with E-state index in [4.69, 9.17) is 9.47 Å². The number of aliphatic carboxylic acids is 1. The average molecular weight is 357 g/mol. The van der Waals surface area contributed by atoms with Gasteiger partial charge in [-0.1, -0.05) is 36.4 Å². The first-order chi connectivity index (χ1) is 12.6. The Hall–Kier alpha value is -2.60. The van der Waals surface area contributed by atoms with E-state index in [1.165, 1.54) is 0 Å². The van der Waals surface area contributed by atoms with Gasteiger partial charge in [0.05, 0.1) is 6.61 Å². The van der Waals surface area contributed by atoms with Crippen LogP contribution in [0.2, 0.25) is 0 Å². The summed E-state index contributed by atoms with van der Waals surface area (Å²) in [6.07, 6.45) is 1.32. The van der Waals surface area contributed by atoms with Crippen molar-refractivity contribution < 1.29 is 24.2 Å². The van der Waals surface area contributed by atoms with Crippen molar-refractivity contribution in [1.82, 2.24) is 5.32 Å². The lowest BCUT2D eigenvalue weighted by Gasteiger charge is -2.33. The van der Waals surface area contributed by atoms with Crippen molar-refractivity contribution in [3.05, 3.63) is 42.5 Å². The Bertz CT molecular complexity index is 777. The molecule has 1 aliphatic rings. The monoisotopic (exact) mass is 357 g/mol. The molecular formula is C20H23NO5. The van der Waals surface area contributed by atoms with E-state index < -0.39 is 11.5 Å². The highest BCUT2D eigenvalue weighted by atomic mass is 16.5. The zero-order valence-corrected chi connectivity index (χ0v) is 14.6. The second-order valence-corrected chi connectivity index (χ2v) is 6.48. The summed E-state index contributed by atoms with van der Waals surface area (Å²) >= 11 is 0. The van der Waals surface area contributed by atoms with E-state index in [2.05, 4.69) is 5.32 Å². The van der Waals surface area contributed by atoms with Crippen LogP contribution in [0.4, 0.5) is 0 Å². The van der Waals surface area contributed by atoms with Gasteiger partial charge in [0.2, 0.25) is 5.91 Å². The molecule has 1 fully saturated rings. The topological polar surface area (TPSA) is 84.9 Å². The lowest BCUT2D eigenvalue weighted by atomic mass is 9.90. The molecule has 6 nitrogen and oxygen atoms in total. The predicted molar refractivity (Wildman–Crippen MR) is 97.2 cm³/mol. The highest BCUT2D eigenvalue weighted by Gasteiger charge is 2.41. The normalized spacial score (nSPS) is 16.2. The third-order valence-electron chi connectivity index (χ3n) is 4.69. The first-order valence-electron chi connectivity index (χ1n) is 8.83. The maximum Gasteiger partial charge on any atom is 0.329 e. The predicted octanol–water partition coefficient (Wildman–Crippen LogP) is 2.75. The summed E-state index contributed by atoms with van der Waals surface area (Å²) < 4.78 is 11.0. The summed E-state index contributed by atoms with van der Waals surface area (Å²) in [4.78, 5) is 23.7. The van der Waals surface area contributed by atoms with Crippen LogP contribution in [0, 0.1) is 0 Å². The van der Waals surface area contributed by atoms with Gasteiger partial charge in [0, 0.05) is 37.9 Å². The van der Waals surface area contributed by atoms with Crippen LogP contribution in [0.25, 0.3) is 10.8 Å². The fourth-order valence-corrected chi connectivity index (χ4v) is 3.18. The molecule has 0 atom stereocenters. The number of carbonyl (C=O) groups is 2. The number of carbonyl (C=O) groups excluding carboxylic acids is 1. The SMILES string of the molecule is O=C(CCCOc1cccc2ccccc12)NC1(C(=O)O)CCOCC1. The number of fused-ring (bicyclic) bond motifs is 1. The van der Waals surface area contributed by atoms with E-state index in [0.29, 0.717) is 39.1 Å². The molecule has 6 heteroatoms. The third kappa shape index (κ3) is 4.14. The Balaban J connectivity index is 1.50. The van der Waals surface area contributed by atoms with Crippen molar-refractivity contribution in [3.8, 4) is 5.75 Å². The van der Waals surface area contributed by atoms with Gasteiger partial charge >= 0.3 is 5.97 Å². The molecule has 26 heavy (non-hydrogen) atoms. The van der Waals surface area contributed by atoms with Crippen molar-refractivity contribution in [2.24, 2.45) is 0 Å². The second kappa shape index (κ2) is 8.19. The minimum Gasteiger partial charge on any atom is -0.493 e. The van der Waals surface area contributed by atoms with Gasteiger partial charge in [-0.05, 0) is 17.9 Å². The highest BCUT2D eigenvalue weighted by molar-refractivity contribution is 5.88. The Morgan fingerprint density at radius 1 is 1.12 bits per heavy atom. The maximum atomic E-state index is 12.2. The largest absolute Gasteiger partial charge is 0.493 e. The van der Waals surface area contributed by atoms with Crippen molar-refractivity contribution in [2.45, 2.75) is 31.2 Å². The van der Waals surface area contributed by atoms with E-state index in [1.807, 2.05) is 42.5 Å². The van der Waals surface area contributed by atoms with E-state index in [1.54, 1.807) is 0 Å². The number of hydrogen-bond acceptors (Lipinski definition) is 4. The number of ether oxygens (including phenoxy) is 2. The van der Waals surface area contributed by atoms with Gasteiger partial charge in [-0.15, -0.1) is 0 Å². The van der Waals surface area contributed by atoms with Gasteiger partial charge in [0.25, 0.3) is 0 Å². The summed E-state index contributed by atoms with van der Waals surface area (Å²) in [5.41, 5.74) is -1.20. The summed E-state index contributed by atoms with van der Waals surface area (Å²) in [5, 5.41) is 14.3. The van der Waals surface area contributed by atoms with Crippen LogP contribution in [-0.4, -0.2) is 42.3 Å². The zero-order chi connectivity index (χ0) is 18.4. The van der Waals surface area contributed by atoms with E-state index in [0.717, 1.165) is 16.5 Å². The smallest absolute Gasteiger partial charge is 0.329 e. The molecule has 0 radical (unpaired) electrons. The number of amides is 1. The molecule has 0 saturated carbocycles. The van der Waals surface area contributed by atoms with E-state index >= 15 is 0 Å². The molecule has 0 unspecified atom stereocenters. The summed E-state index contributed by atoms with van der Waals surface area (Å²) in [6.45, 7) is 1.08. The van der Waals surface area contributed by atoms with Gasteiger partial charge in [0.15, 0.2) is 0 Å². The van der Waals surface area contributed by atoms with Gasteiger partial charge in [-0.25, -0.2) is 4.79 Å². The van der Waals surface area contributed by atoms with Crippen LogP contribution in [0.3, 0.4) is 0 Å². The molecule has 1 amide bonds. The van der Waals surface area contributed by atoms with Crippen molar-refractivity contribution in [3.63, 3.8) is 0 Å². The second-order valence-electron chi connectivity index (χ2n) is 6.48. The minimum atomic E-state index is -1.20. The van der Waals surface area contributed by atoms with Gasteiger partial charge in [-0.3, -0.25) is 4.79 Å². The standard InChI is InChI=1S/C20H23NO5/c22-18(21-20(19(23)24)10-13-25-14-11-20)9-4-12-26-17-8-3-6-15-5-1-2-7-16(15)17/h1-3,5-8H,4,9-14H2,(H,21,22)(H,23,24). The molecular weight excluding hydrogens is 334 g/mol. The third-order valence-corrected chi connectivity index (χ3v) is 4.69. The van der Waals surface area contributed by atoms with Crippen LogP contribution in [0.1, 0.15) is 25.7 Å². The van der Waals surface area contributed by atoms with Crippen LogP contribution in [-0.2, 0) is 14.3 Å². The molecule has 0 aromatic heterocycles. The number of carboxylic acid groups (broad SMARTS) is 1. The van der Waals surface area contributed by atoms with Crippen LogP contribution in [0.15, 0.2) is 42.5 Å². The molecule has 2 aromatic carbocycles. The van der Waals surface area contributed by atoms with Gasteiger partial charge < -0.3 is 19.9 Å². The first-order valence-corrected chi connectivity index (χ1v) is 8.83. The molecule has 138 valence electrons. The van der Waals surface area contributed by atoms with E-state index in [-0.39, 0.29) is 12.3 Å². The number of rotatable bonds is 7. The fourth-order valence-electron chi connectivity index (χ4n) is 3.18. The molecule has 1 heterocycles. The lowest BCUT2D eigenvalue weighted by Crippen LogP contribution is -2.57. The van der Waals surface area contributed by atoms with Crippen molar-refractivity contribution >= 4 is 22.6 Å². The quantitative estimate of drug-likeness (QED) is 0.744. The molecule has 0 aliphatic carbocycles. The number of hydrogen-bond donors (Lipinski definition) is 2.